The molecule has 0 atom stereocenters. The van der Waals surface area contributed by atoms with Crippen LogP contribution in [0.4, 0.5) is 0 Å². The van der Waals surface area contributed by atoms with Gasteiger partial charge >= 0.3 is 51.5 Å². The zero-order valence-electron chi connectivity index (χ0n) is 5.78. The van der Waals surface area contributed by atoms with Crippen LogP contribution < -0.4 is 5.23 Å². The summed E-state index contributed by atoms with van der Waals surface area (Å²) < 4.78 is 0. The molecule has 2 heteroatoms. The first kappa shape index (κ1) is 7.73. The molecule has 0 heterocycles. The first-order valence-corrected chi connectivity index (χ1v) is 3.11. The summed E-state index contributed by atoms with van der Waals surface area (Å²) >= 11 is 0. The van der Waals surface area contributed by atoms with Gasteiger partial charge in [-0.25, -0.2) is 0 Å². The Labute approximate surface area is 52.4 Å². The third kappa shape index (κ3) is 5.73. The van der Waals surface area contributed by atoms with E-state index in [1.807, 2.05) is 0 Å². The van der Waals surface area contributed by atoms with E-state index >= 15 is 0 Å². The molecular weight excluding hydrogens is 96.9 g/mol. The summed E-state index contributed by atoms with van der Waals surface area (Å²) in [7, 11) is 1.74. The predicted octanol–water partition coefficient (Wildman–Crippen LogP) is 0.673. The standard InChI is InChI=1S/C6H14BN/c1-6(2)4-5-8-7-3/h6,8H,3-5H2,1-2H3. The quantitative estimate of drug-likeness (QED) is 0.415. The molecule has 0 aromatic heterocycles. The Morgan fingerprint density at radius 1 is 1.62 bits per heavy atom. The summed E-state index contributed by atoms with van der Waals surface area (Å²) in [5, 5.41) is 3.04. The van der Waals surface area contributed by atoms with Crippen LogP contribution in [0.2, 0.25) is 0 Å². The van der Waals surface area contributed by atoms with Crippen LogP contribution in [0.1, 0.15) is 20.3 Å². The van der Waals surface area contributed by atoms with E-state index in [1.54, 1.807) is 7.06 Å². The van der Waals surface area contributed by atoms with Crippen LogP contribution >= 0.6 is 0 Å². The predicted molar refractivity (Wildman–Crippen MR) is 40.3 cm³/mol. The number of nitrogens with one attached hydrogen (secondary N) is 1. The second-order valence-corrected chi connectivity index (χ2v) is 2.34. The second kappa shape index (κ2) is 4.88. The molecule has 1 nitrogen and oxygen atoms in total. The minimum absolute atomic E-state index is 0.794. The van der Waals surface area contributed by atoms with E-state index in [2.05, 4.69) is 25.5 Å². The second-order valence-electron chi connectivity index (χ2n) is 2.34. The van der Waals surface area contributed by atoms with E-state index in [0.29, 0.717) is 0 Å². The van der Waals surface area contributed by atoms with Gasteiger partial charge in [0, 0.05) is 0 Å². The summed E-state index contributed by atoms with van der Waals surface area (Å²) in [4.78, 5) is 0. The fraction of sp³-hybridized carbons (Fsp3) is 0.833. The van der Waals surface area contributed by atoms with Gasteiger partial charge in [-0.2, -0.15) is 0 Å². The van der Waals surface area contributed by atoms with Crippen LogP contribution in [-0.2, 0) is 0 Å². The Bertz CT molecular complexity index is 61.5. The van der Waals surface area contributed by atoms with Crippen molar-refractivity contribution in [3.63, 3.8) is 0 Å². The van der Waals surface area contributed by atoms with Crippen molar-refractivity contribution in [2.75, 3.05) is 6.54 Å². The topological polar surface area (TPSA) is 12.0 Å². The van der Waals surface area contributed by atoms with Crippen LogP contribution in [0, 0.1) is 5.92 Å². The summed E-state index contributed by atoms with van der Waals surface area (Å²) in [5.74, 6) is 0.794. The molecule has 0 rings (SSSR count). The molecule has 0 saturated heterocycles. The van der Waals surface area contributed by atoms with Gasteiger partial charge < -0.3 is 0 Å². The minimum atomic E-state index is 0.794. The zero-order chi connectivity index (χ0) is 6.41. The Hall–Kier alpha value is -0.265. The Morgan fingerprint density at radius 3 is 2.62 bits per heavy atom. The average Bonchev–Trinajstić information content (AvgIpc) is 1.66. The van der Waals surface area contributed by atoms with E-state index in [-0.39, 0.29) is 0 Å². The van der Waals surface area contributed by atoms with Gasteiger partial charge in [-0.1, -0.05) is 0 Å². The monoisotopic (exact) mass is 111 g/mol. The molecule has 46 valence electrons. The molecule has 1 N–H and O–H groups in total. The van der Waals surface area contributed by atoms with Gasteiger partial charge in [0.1, 0.15) is 0 Å². The van der Waals surface area contributed by atoms with Crippen LogP contribution in [0.15, 0.2) is 0 Å². The van der Waals surface area contributed by atoms with E-state index in [1.165, 1.54) is 6.42 Å². The maximum atomic E-state index is 3.55. The third-order valence-corrected chi connectivity index (χ3v) is 1.01. The van der Waals surface area contributed by atoms with Gasteiger partial charge in [0.25, 0.3) is 0 Å². The third-order valence-electron chi connectivity index (χ3n) is 1.01. The van der Waals surface area contributed by atoms with Crippen molar-refractivity contribution in [3.8, 4) is 0 Å². The molecule has 8 heavy (non-hydrogen) atoms. The van der Waals surface area contributed by atoms with Crippen LogP contribution in [-0.4, -0.2) is 20.1 Å². The molecular formula is C6H14BN. The fourth-order valence-electron chi connectivity index (χ4n) is 0.474. The summed E-state index contributed by atoms with van der Waals surface area (Å²) in [6, 6.07) is 0. The van der Waals surface area contributed by atoms with Crippen molar-refractivity contribution in [1.82, 2.24) is 5.23 Å². The molecule has 0 aromatic carbocycles. The molecule has 0 aliphatic heterocycles. The van der Waals surface area contributed by atoms with E-state index in [4.69, 9.17) is 0 Å². The Balaban J connectivity index is 2.81. The first-order chi connectivity index (χ1) is 3.77. The van der Waals surface area contributed by atoms with E-state index in [9.17, 15) is 0 Å². The molecule has 0 fully saturated rings. The van der Waals surface area contributed by atoms with Gasteiger partial charge in [-0.05, 0) is 0 Å². The summed E-state index contributed by atoms with van der Waals surface area (Å²) in [6.07, 6.45) is 1.23. The summed E-state index contributed by atoms with van der Waals surface area (Å²) in [6.45, 7) is 9.03. The number of hydrogen-bond donors (Lipinski definition) is 1. The van der Waals surface area contributed by atoms with Gasteiger partial charge in [0.05, 0.1) is 0 Å². The molecule has 0 aliphatic carbocycles. The van der Waals surface area contributed by atoms with Crippen molar-refractivity contribution in [2.24, 2.45) is 5.92 Å². The van der Waals surface area contributed by atoms with Gasteiger partial charge in [0.2, 0.25) is 0 Å². The van der Waals surface area contributed by atoms with Gasteiger partial charge in [0.15, 0.2) is 0 Å². The van der Waals surface area contributed by atoms with E-state index < -0.39 is 0 Å². The van der Waals surface area contributed by atoms with Gasteiger partial charge in [-0.15, -0.1) is 0 Å². The van der Waals surface area contributed by atoms with Crippen molar-refractivity contribution in [2.45, 2.75) is 20.3 Å². The molecule has 0 aromatic rings. The molecule has 0 bridgehead atoms. The average molecular weight is 111 g/mol. The Kier molecular flexibility index (Phi) is 4.72. The first-order valence-electron chi connectivity index (χ1n) is 3.11. The molecule has 0 amide bonds. The normalized spacial score (nSPS) is 8.88. The number of rotatable bonds is 4. The van der Waals surface area contributed by atoms with Crippen LogP contribution in [0.25, 0.3) is 0 Å². The SMILES string of the molecule is C=BNCCC(C)C. The maximum absolute atomic E-state index is 3.55. The fourth-order valence-corrected chi connectivity index (χ4v) is 0.474. The van der Waals surface area contributed by atoms with Crippen LogP contribution in [0.5, 0.6) is 0 Å². The molecule has 0 saturated carbocycles. The molecule has 0 radical (unpaired) electrons. The summed E-state index contributed by atoms with van der Waals surface area (Å²) in [5.41, 5.74) is 0. The molecule has 0 unspecified atom stereocenters. The molecule has 0 aliphatic rings. The van der Waals surface area contributed by atoms with Crippen molar-refractivity contribution < 1.29 is 0 Å². The van der Waals surface area contributed by atoms with Crippen molar-refractivity contribution >= 4 is 13.5 Å². The van der Waals surface area contributed by atoms with Crippen molar-refractivity contribution in [3.05, 3.63) is 0 Å². The van der Waals surface area contributed by atoms with E-state index in [0.717, 1.165) is 12.5 Å². The zero-order valence-corrected chi connectivity index (χ0v) is 5.78. The van der Waals surface area contributed by atoms with Crippen LogP contribution in [0.3, 0.4) is 0 Å². The van der Waals surface area contributed by atoms with Gasteiger partial charge in [-0.3, -0.25) is 0 Å². The number of hydrogen-bond acceptors (Lipinski definition) is 1. The molecule has 0 spiro atoms. The Morgan fingerprint density at radius 2 is 2.25 bits per heavy atom. The van der Waals surface area contributed by atoms with Crippen molar-refractivity contribution in [1.29, 1.82) is 0 Å².